The number of nitrogens with zero attached hydrogens (tertiary/aromatic N) is 2. The Morgan fingerprint density at radius 2 is 2.00 bits per heavy atom. The van der Waals surface area contributed by atoms with Gasteiger partial charge in [-0.3, -0.25) is 4.98 Å². The van der Waals surface area contributed by atoms with Crippen molar-refractivity contribution < 1.29 is 14.3 Å². The maximum atomic E-state index is 13.0. The number of aromatic nitrogens is 1. The minimum Gasteiger partial charge on any atom is -0.388 e. The van der Waals surface area contributed by atoms with Crippen molar-refractivity contribution in [2.75, 3.05) is 13.1 Å². The molecule has 1 aliphatic rings. The summed E-state index contributed by atoms with van der Waals surface area (Å²) in [6, 6.07) is 9.61. The van der Waals surface area contributed by atoms with Gasteiger partial charge < -0.3 is 15.3 Å². The van der Waals surface area contributed by atoms with E-state index in [4.69, 9.17) is 0 Å². The number of hydrogen-bond acceptors (Lipinski definition) is 3. The molecule has 25 heavy (non-hydrogen) atoms. The van der Waals surface area contributed by atoms with Crippen LogP contribution in [-0.2, 0) is 6.54 Å². The Morgan fingerprint density at radius 1 is 1.28 bits per heavy atom. The van der Waals surface area contributed by atoms with Crippen LogP contribution in [-0.4, -0.2) is 34.1 Å². The Morgan fingerprint density at radius 3 is 2.64 bits per heavy atom. The second-order valence-electron chi connectivity index (χ2n) is 6.34. The van der Waals surface area contributed by atoms with E-state index in [0.717, 1.165) is 24.0 Å². The Balaban J connectivity index is 1.47. The van der Waals surface area contributed by atoms with Crippen LogP contribution in [0.5, 0.6) is 0 Å². The summed E-state index contributed by atoms with van der Waals surface area (Å²) in [5.74, 6) is -0.233. The third-order valence-corrected chi connectivity index (χ3v) is 4.65. The van der Waals surface area contributed by atoms with Crippen molar-refractivity contribution in [2.45, 2.75) is 25.5 Å². The first-order valence-electron chi connectivity index (χ1n) is 8.48. The number of pyridine rings is 1. The van der Waals surface area contributed by atoms with E-state index in [1.165, 1.54) is 12.1 Å². The molecule has 0 aliphatic carbocycles. The number of nitrogens with one attached hydrogen (secondary N) is 1. The summed E-state index contributed by atoms with van der Waals surface area (Å²) >= 11 is 0. The number of carbonyl (C=O) groups is 1. The van der Waals surface area contributed by atoms with Crippen LogP contribution in [0.1, 0.15) is 30.1 Å². The summed E-state index contributed by atoms with van der Waals surface area (Å²) in [7, 11) is 0. The van der Waals surface area contributed by atoms with Crippen molar-refractivity contribution in [3.63, 3.8) is 0 Å². The Labute approximate surface area is 146 Å². The summed E-state index contributed by atoms with van der Waals surface area (Å²) < 4.78 is 13.0. The van der Waals surface area contributed by atoms with Crippen molar-refractivity contribution in [1.82, 2.24) is 15.2 Å². The van der Waals surface area contributed by atoms with Crippen LogP contribution in [0.4, 0.5) is 9.18 Å². The Bertz CT molecular complexity index is 686. The number of amides is 2. The highest BCUT2D eigenvalue weighted by Gasteiger charge is 2.28. The molecule has 0 bridgehead atoms. The van der Waals surface area contributed by atoms with Gasteiger partial charge in [-0.1, -0.05) is 18.2 Å². The molecule has 2 amide bonds. The zero-order valence-electron chi connectivity index (χ0n) is 13.9. The molecule has 2 aromatic rings. The molecule has 1 unspecified atom stereocenters. The van der Waals surface area contributed by atoms with Crippen LogP contribution in [0, 0.1) is 11.7 Å². The lowest BCUT2D eigenvalue weighted by molar-refractivity contribution is 0.0664. The number of aliphatic hydroxyl groups is 1. The third kappa shape index (κ3) is 4.54. The van der Waals surface area contributed by atoms with E-state index in [0.29, 0.717) is 19.6 Å². The number of piperidine rings is 1. The first kappa shape index (κ1) is 17.4. The van der Waals surface area contributed by atoms with Crippen molar-refractivity contribution in [2.24, 2.45) is 5.92 Å². The summed E-state index contributed by atoms with van der Waals surface area (Å²) in [6.07, 6.45) is 4.24. The lowest BCUT2D eigenvalue weighted by Gasteiger charge is -2.34. The molecular formula is C19H22FN3O2. The summed E-state index contributed by atoms with van der Waals surface area (Å²) in [5, 5.41) is 13.4. The molecule has 1 aliphatic heterocycles. The average Bonchev–Trinajstić information content (AvgIpc) is 2.67. The molecule has 132 valence electrons. The van der Waals surface area contributed by atoms with E-state index < -0.39 is 6.10 Å². The average molecular weight is 343 g/mol. The van der Waals surface area contributed by atoms with Gasteiger partial charge in [0.05, 0.1) is 6.10 Å². The predicted octanol–water partition coefficient (Wildman–Crippen LogP) is 2.88. The Hall–Kier alpha value is -2.47. The molecule has 0 spiro atoms. The van der Waals surface area contributed by atoms with Crippen LogP contribution in [0.2, 0.25) is 0 Å². The monoisotopic (exact) mass is 343 g/mol. The number of halogens is 1. The van der Waals surface area contributed by atoms with E-state index in [1.54, 1.807) is 29.4 Å². The largest absolute Gasteiger partial charge is 0.388 e. The van der Waals surface area contributed by atoms with Gasteiger partial charge in [0.2, 0.25) is 0 Å². The number of urea groups is 1. The molecule has 1 aromatic heterocycles. The van der Waals surface area contributed by atoms with Gasteiger partial charge in [-0.15, -0.1) is 0 Å². The zero-order valence-corrected chi connectivity index (χ0v) is 13.9. The fourth-order valence-corrected chi connectivity index (χ4v) is 3.14. The van der Waals surface area contributed by atoms with Crippen molar-refractivity contribution in [3.05, 3.63) is 65.7 Å². The molecule has 6 heteroatoms. The topological polar surface area (TPSA) is 65.5 Å². The number of carbonyl (C=O) groups excluding carboxylic acids is 1. The highest BCUT2D eigenvalue weighted by molar-refractivity contribution is 5.74. The zero-order chi connectivity index (χ0) is 17.6. The normalized spacial score (nSPS) is 16.5. The molecule has 1 atom stereocenters. The molecular weight excluding hydrogens is 321 g/mol. The second-order valence-corrected chi connectivity index (χ2v) is 6.34. The van der Waals surface area contributed by atoms with Gasteiger partial charge in [0.15, 0.2) is 0 Å². The lowest BCUT2D eigenvalue weighted by Crippen LogP contribution is -2.44. The molecule has 2 heterocycles. The molecule has 0 radical (unpaired) electrons. The van der Waals surface area contributed by atoms with E-state index in [-0.39, 0.29) is 17.8 Å². The minimum absolute atomic E-state index is 0.0767. The molecule has 3 rings (SSSR count). The maximum Gasteiger partial charge on any atom is 0.317 e. The summed E-state index contributed by atoms with van der Waals surface area (Å²) in [4.78, 5) is 18.0. The van der Waals surface area contributed by atoms with Crippen molar-refractivity contribution in [3.8, 4) is 0 Å². The number of aliphatic hydroxyl groups excluding tert-OH is 1. The van der Waals surface area contributed by atoms with Crippen molar-refractivity contribution in [1.29, 1.82) is 0 Å². The highest BCUT2D eigenvalue weighted by atomic mass is 19.1. The van der Waals surface area contributed by atoms with Gasteiger partial charge in [-0.2, -0.15) is 0 Å². The molecule has 5 nitrogen and oxygen atoms in total. The standard InChI is InChI=1S/C19H22FN3O2/c20-17-5-3-15(4-6-17)18(24)16-7-10-23(11-8-16)19(25)22-13-14-2-1-9-21-12-14/h1-6,9,12,16,18,24H,7-8,10-11,13H2,(H,22,25). The molecule has 2 N–H and O–H groups in total. The van der Waals surface area contributed by atoms with Gasteiger partial charge in [0.25, 0.3) is 0 Å². The van der Waals surface area contributed by atoms with Crippen LogP contribution < -0.4 is 5.32 Å². The van der Waals surface area contributed by atoms with Gasteiger partial charge in [0, 0.05) is 32.0 Å². The SMILES string of the molecule is O=C(NCc1cccnc1)N1CCC(C(O)c2ccc(F)cc2)CC1. The minimum atomic E-state index is -0.624. The van der Waals surface area contributed by atoms with E-state index in [2.05, 4.69) is 10.3 Å². The van der Waals surface area contributed by atoms with Gasteiger partial charge in [-0.25, -0.2) is 9.18 Å². The lowest BCUT2D eigenvalue weighted by atomic mass is 9.87. The fraction of sp³-hybridized carbons (Fsp3) is 0.368. The number of hydrogen-bond donors (Lipinski definition) is 2. The molecule has 1 aromatic carbocycles. The molecule has 0 saturated carbocycles. The van der Waals surface area contributed by atoms with E-state index in [9.17, 15) is 14.3 Å². The van der Waals surface area contributed by atoms with Gasteiger partial charge in [0.1, 0.15) is 5.82 Å². The molecule has 1 saturated heterocycles. The van der Waals surface area contributed by atoms with Gasteiger partial charge in [-0.05, 0) is 48.1 Å². The maximum absolute atomic E-state index is 13.0. The fourth-order valence-electron chi connectivity index (χ4n) is 3.14. The number of likely N-dealkylation sites (tertiary alicyclic amines) is 1. The van der Waals surface area contributed by atoms with Crippen LogP contribution in [0.25, 0.3) is 0 Å². The van der Waals surface area contributed by atoms with E-state index >= 15 is 0 Å². The highest BCUT2D eigenvalue weighted by Crippen LogP contribution is 2.30. The van der Waals surface area contributed by atoms with Gasteiger partial charge >= 0.3 is 6.03 Å². The number of rotatable bonds is 4. The second kappa shape index (κ2) is 8.07. The summed E-state index contributed by atoms with van der Waals surface area (Å²) in [6.45, 7) is 1.65. The third-order valence-electron chi connectivity index (χ3n) is 4.65. The Kier molecular flexibility index (Phi) is 5.60. The first-order chi connectivity index (χ1) is 12.1. The van der Waals surface area contributed by atoms with Crippen LogP contribution in [0.15, 0.2) is 48.8 Å². The quantitative estimate of drug-likeness (QED) is 0.897. The van der Waals surface area contributed by atoms with Crippen LogP contribution >= 0.6 is 0 Å². The van der Waals surface area contributed by atoms with Crippen LogP contribution in [0.3, 0.4) is 0 Å². The smallest absolute Gasteiger partial charge is 0.317 e. The first-order valence-corrected chi connectivity index (χ1v) is 8.48. The number of benzene rings is 1. The van der Waals surface area contributed by atoms with Crippen molar-refractivity contribution >= 4 is 6.03 Å². The summed E-state index contributed by atoms with van der Waals surface area (Å²) in [5.41, 5.74) is 1.68. The predicted molar refractivity (Wildman–Crippen MR) is 92.1 cm³/mol. The molecule has 1 fully saturated rings. The van der Waals surface area contributed by atoms with E-state index in [1.807, 2.05) is 12.1 Å².